The maximum atomic E-state index is 12.7. The lowest BCUT2D eigenvalue weighted by Crippen LogP contribution is -2.33. The van der Waals surface area contributed by atoms with Crippen molar-refractivity contribution in [2.24, 2.45) is 12.8 Å². The fraction of sp³-hybridized carbons (Fsp3) is 0.474. The van der Waals surface area contributed by atoms with Crippen LogP contribution in [0, 0.1) is 0 Å². The van der Waals surface area contributed by atoms with Gasteiger partial charge in [0, 0.05) is 23.8 Å². The molecule has 4 rings (SSSR count). The number of nitrogens with one attached hydrogen (secondary N) is 1. The maximum absolute atomic E-state index is 12.7. The van der Waals surface area contributed by atoms with Crippen LogP contribution < -0.4 is 11.1 Å². The van der Waals surface area contributed by atoms with Crippen LogP contribution in [0.2, 0.25) is 0 Å². The number of anilines is 1. The van der Waals surface area contributed by atoms with Crippen molar-refractivity contribution in [1.29, 1.82) is 0 Å². The number of nitrogens with two attached hydrogens (primary N) is 1. The van der Waals surface area contributed by atoms with E-state index in [9.17, 15) is 9.59 Å². The van der Waals surface area contributed by atoms with E-state index in [2.05, 4.69) is 20.9 Å². The van der Waals surface area contributed by atoms with E-state index >= 15 is 0 Å². The van der Waals surface area contributed by atoms with Gasteiger partial charge < -0.3 is 15.6 Å². The molecule has 0 bridgehead atoms. The predicted octanol–water partition coefficient (Wildman–Crippen LogP) is 2.45. The number of amides is 2. The molecular formula is C19H24N4O2S. The minimum Gasteiger partial charge on any atom is -0.365 e. The third kappa shape index (κ3) is 3.05. The SMILES string of the molecule is Cn1cccc1[C@@H]1CCCN1CC(=O)Nc1sc2c(c1C(N)=O)CCC2. The Morgan fingerprint density at radius 3 is 2.92 bits per heavy atom. The number of primary amides is 1. The average Bonchev–Trinajstić information content (AvgIpc) is 3.31. The van der Waals surface area contributed by atoms with Crippen LogP contribution in [0.1, 0.15) is 51.8 Å². The monoisotopic (exact) mass is 372 g/mol. The summed E-state index contributed by atoms with van der Waals surface area (Å²) in [6, 6.07) is 4.43. The van der Waals surface area contributed by atoms with Gasteiger partial charge in [-0.1, -0.05) is 0 Å². The van der Waals surface area contributed by atoms with Gasteiger partial charge >= 0.3 is 0 Å². The Labute approximate surface area is 157 Å². The first-order valence-electron chi connectivity index (χ1n) is 9.14. The van der Waals surface area contributed by atoms with Crippen LogP contribution in [0.4, 0.5) is 5.00 Å². The highest BCUT2D eigenvalue weighted by molar-refractivity contribution is 7.17. The van der Waals surface area contributed by atoms with E-state index in [0.29, 0.717) is 17.1 Å². The highest BCUT2D eigenvalue weighted by Gasteiger charge is 2.30. The molecule has 3 heterocycles. The van der Waals surface area contributed by atoms with Crippen LogP contribution in [-0.2, 0) is 24.7 Å². The Bertz CT molecular complexity index is 854. The zero-order valence-electron chi connectivity index (χ0n) is 15.0. The van der Waals surface area contributed by atoms with E-state index in [-0.39, 0.29) is 11.9 Å². The number of carbonyl (C=O) groups is 2. The fourth-order valence-corrected chi connectivity index (χ4v) is 5.59. The van der Waals surface area contributed by atoms with Crippen molar-refractivity contribution < 1.29 is 9.59 Å². The van der Waals surface area contributed by atoms with Crippen LogP contribution in [0.3, 0.4) is 0 Å². The number of aryl methyl sites for hydroxylation is 2. The summed E-state index contributed by atoms with van der Waals surface area (Å²) in [5.74, 6) is -0.518. The number of nitrogens with zero attached hydrogens (tertiary/aromatic N) is 2. The number of carbonyl (C=O) groups excluding carboxylic acids is 2. The van der Waals surface area contributed by atoms with Gasteiger partial charge in [0.05, 0.1) is 18.2 Å². The van der Waals surface area contributed by atoms with E-state index in [1.54, 1.807) is 0 Å². The standard InChI is InChI=1S/C19H24N4O2S/c1-22-9-3-6-13(22)14-7-4-10-23(14)11-16(24)21-19-17(18(20)25)12-5-2-8-15(12)26-19/h3,6,9,14H,2,4-5,7-8,10-11H2,1H3,(H2,20,25)(H,21,24)/t14-/m0/s1. The molecule has 0 spiro atoms. The zero-order chi connectivity index (χ0) is 18.3. The Morgan fingerprint density at radius 2 is 2.19 bits per heavy atom. The molecule has 0 radical (unpaired) electrons. The molecule has 2 aromatic heterocycles. The lowest BCUT2D eigenvalue weighted by Gasteiger charge is -2.24. The van der Waals surface area contributed by atoms with Gasteiger partial charge in [-0.25, -0.2) is 0 Å². The molecule has 1 fully saturated rings. The van der Waals surface area contributed by atoms with E-state index in [0.717, 1.165) is 44.2 Å². The molecule has 6 nitrogen and oxygen atoms in total. The Balaban J connectivity index is 1.48. The molecule has 0 unspecified atom stereocenters. The number of thiophene rings is 1. The van der Waals surface area contributed by atoms with Crippen LogP contribution in [-0.4, -0.2) is 34.4 Å². The molecule has 2 aliphatic rings. The molecule has 3 N–H and O–H groups in total. The first-order chi connectivity index (χ1) is 12.5. The van der Waals surface area contributed by atoms with Gasteiger partial charge in [-0.05, 0) is 56.3 Å². The summed E-state index contributed by atoms with van der Waals surface area (Å²) in [6.07, 6.45) is 7.09. The second-order valence-electron chi connectivity index (χ2n) is 7.15. The molecule has 1 saturated heterocycles. The van der Waals surface area contributed by atoms with Crippen LogP contribution in [0.25, 0.3) is 0 Å². The largest absolute Gasteiger partial charge is 0.365 e. The third-order valence-electron chi connectivity index (χ3n) is 5.46. The molecule has 2 aromatic rings. The summed E-state index contributed by atoms with van der Waals surface area (Å²) in [5.41, 5.74) is 8.38. The van der Waals surface area contributed by atoms with Crippen molar-refractivity contribution in [2.45, 2.75) is 38.1 Å². The van der Waals surface area contributed by atoms with Gasteiger partial charge in [0.2, 0.25) is 5.91 Å². The molecule has 7 heteroatoms. The average molecular weight is 372 g/mol. The summed E-state index contributed by atoms with van der Waals surface area (Å²) in [5, 5.41) is 3.59. The van der Waals surface area contributed by atoms with E-state index < -0.39 is 5.91 Å². The van der Waals surface area contributed by atoms with Crippen molar-refractivity contribution in [1.82, 2.24) is 9.47 Å². The normalized spacial score (nSPS) is 19.7. The lowest BCUT2D eigenvalue weighted by atomic mass is 10.1. The quantitative estimate of drug-likeness (QED) is 0.846. The summed E-state index contributed by atoms with van der Waals surface area (Å²) in [6.45, 7) is 1.24. The van der Waals surface area contributed by atoms with Crippen LogP contribution >= 0.6 is 11.3 Å². The van der Waals surface area contributed by atoms with Crippen LogP contribution in [0.15, 0.2) is 18.3 Å². The lowest BCUT2D eigenvalue weighted by molar-refractivity contribution is -0.117. The number of likely N-dealkylation sites (tertiary alicyclic amines) is 1. The number of fused-ring (bicyclic) bond motifs is 1. The van der Waals surface area contributed by atoms with Crippen molar-refractivity contribution >= 4 is 28.2 Å². The van der Waals surface area contributed by atoms with Gasteiger partial charge in [-0.15, -0.1) is 11.3 Å². The van der Waals surface area contributed by atoms with E-state index in [1.165, 1.54) is 21.9 Å². The predicted molar refractivity (Wildman–Crippen MR) is 102 cm³/mol. The Morgan fingerprint density at radius 1 is 1.35 bits per heavy atom. The summed E-state index contributed by atoms with van der Waals surface area (Å²) in [7, 11) is 2.04. The topological polar surface area (TPSA) is 80.4 Å². The molecule has 0 saturated carbocycles. The van der Waals surface area contributed by atoms with Crippen molar-refractivity contribution in [3.05, 3.63) is 40.0 Å². The van der Waals surface area contributed by atoms with Gasteiger partial charge in [0.1, 0.15) is 5.00 Å². The molecule has 1 atom stereocenters. The number of rotatable bonds is 5. The first-order valence-corrected chi connectivity index (χ1v) is 9.95. The highest BCUT2D eigenvalue weighted by Crippen LogP contribution is 2.39. The molecule has 1 aliphatic heterocycles. The second-order valence-corrected chi connectivity index (χ2v) is 8.25. The number of hydrogen-bond acceptors (Lipinski definition) is 4. The van der Waals surface area contributed by atoms with Gasteiger partial charge in [-0.3, -0.25) is 14.5 Å². The number of aromatic nitrogens is 1. The van der Waals surface area contributed by atoms with Gasteiger partial charge in [0.15, 0.2) is 0 Å². The molecule has 0 aromatic carbocycles. The van der Waals surface area contributed by atoms with Gasteiger partial charge in [0.25, 0.3) is 5.91 Å². The molecule has 1 aliphatic carbocycles. The third-order valence-corrected chi connectivity index (χ3v) is 6.66. The Kier molecular flexibility index (Phi) is 4.58. The molecule has 138 valence electrons. The Hall–Kier alpha value is -2.12. The van der Waals surface area contributed by atoms with Crippen molar-refractivity contribution in [2.75, 3.05) is 18.4 Å². The first kappa shape index (κ1) is 17.3. The summed E-state index contributed by atoms with van der Waals surface area (Å²) < 4.78 is 2.12. The smallest absolute Gasteiger partial charge is 0.251 e. The maximum Gasteiger partial charge on any atom is 0.251 e. The van der Waals surface area contributed by atoms with Crippen LogP contribution in [0.5, 0.6) is 0 Å². The van der Waals surface area contributed by atoms with Gasteiger partial charge in [-0.2, -0.15) is 0 Å². The summed E-state index contributed by atoms with van der Waals surface area (Å²) in [4.78, 5) is 28.0. The minimum absolute atomic E-state index is 0.0754. The summed E-state index contributed by atoms with van der Waals surface area (Å²) >= 11 is 1.51. The molecule has 26 heavy (non-hydrogen) atoms. The van der Waals surface area contributed by atoms with Crippen molar-refractivity contribution in [3.8, 4) is 0 Å². The highest BCUT2D eigenvalue weighted by atomic mass is 32.1. The fourth-order valence-electron chi connectivity index (χ4n) is 4.27. The molecular weight excluding hydrogens is 348 g/mol. The minimum atomic E-state index is -0.442. The second kappa shape index (κ2) is 6.89. The molecule has 2 amide bonds. The number of hydrogen-bond donors (Lipinski definition) is 2. The van der Waals surface area contributed by atoms with E-state index in [4.69, 9.17) is 5.73 Å². The van der Waals surface area contributed by atoms with Crippen molar-refractivity contribution in [3.63, 3.8) is 0 Å². The van der Waals surface area contributed by atoms with E-state index in [1.807, 2.05) is 19.3 Å². The zero-order valence-corrected chi connectivity index (χ0v) is 15.8.